The predicted molar refractivity (Wildman–Crippen MR) is 121 cm³/mol. The molecule has 1 saturated carbocycles. The molecule has 30 heavy (non-hydrogen) atoms. The zero-order valence-electron chi connectivity index (χ0n) is 17.3. The number of anilines is 2. The number of hydrogen-bond acceptors (Lipinski definition) is 6. The lowest BCUT2D eigenvalue weighted by molar-refractivity contribution is -0.115. The summed E-state index contributed by atoms with van der Waals surface area (Å²) in [5, 5.41) is 3.52. The molecule has 3 rings (SSSR count). The molecule has 1 aliphatic carbocycles. The van der Waals surface area contributed by atoms with E-state index in [0.29, 0.717) is 28.7 Å². The van der Waals surface area contributed by atoms with E-state index in [-0.39, 0.29) is 16.8 Å². The minimum Gasteiger partial charge on any atom is -0.326 e. The first-order valence-corrected chi connectivity index (χ1v) is 12.7. The van der Waals surface area contributed by atoms with Crippen LogP contribution in [-0.2, 0) is 14.8 Å². The Morgan fingerprint density at radius 3 is 2.33 bits per heavy atom. The van der Waals surface area contributed by atoms with Crippen LogP contribution in [0.4, 0.5) is 11.6 Å². The maximum atomic E-state index is 12.6. The van der Waals surface area contributed by atoms with Crippen molar-refractivity contribution in [3.63, 3.8) is 0 Å². The summed E-state index contributed by atoms with van der Waals surface area (Å²) in [5.74, 6) is 0.791. The fraction of sp³-hybridized carbons (Fsp3) is 0.476. The van der Waals surface area contributed by atoms with Gasteiger partial charge in [0.1, 0.15) is 0 Å². The number of rotatable bonds is 8. The number of hydrogen-bond donors (Lipinski definition) is 2. The van der Waals surface area contributed by atoms with Crippen LogP contribution < -0.4 is 10.0 Å². The Kier molecular flexibility index (Phi) is 7.71. The molecule has 1 aromatic carbocycles. The standard InChI is InChI=1S/C21H28N4O3S2/c1-15-14-16(2)23-21(22-15)25-30(27,28)19-10-8-17(9-11-19)24-20(26)12-13-29-18-6-4-3-5-7-18/h8-11,14,18H,3-7,12-13H2,1-2H3,(H,24,26)(H,22,23,25). The number of carbonyl (C=O) groups excluding carboxylic acids is 1. The van der Waals surface area contributed by atoms with Crippen molar-refractivity contribution in [1.29, 1.82) is 0 Å². The molecule has 7 nitrogen and oxygen atoms in total. The van der Waals surface area contributed by atoms with Crippen molar-refractivity contribution < 1.29 is 13.2 Å². The second-order valence-electron chi connectivity index (χ2n) is 7.53. The molecule has 0 unspecified atom stereocenters. The highest BCUT2D eigenvalue weighted by atomic mass is 32.2. The van der Waals surface area contributed by atoms with Crippen LogP contribution in [0, 0.1) is 13.8 Å². The SMILES string of the molecule is Cc1cc(C)nc(NS(=O)(=O)c2ccc(NC(=O)CCSC3CCCCC3)cc2)n1. The summed E-state index contributed by atoms with van der Waals surface area (Å²) in [6, 6.07) is 7.85. The van der Waals surface area contributed by atoms with E-state index in [1.54, 1.807) is 32.0 Å². The monoisotopic (exact) mass is 448 g/mol. The minimum atomic E-state index is -3.81. The Hall–Kier alpha value is -2.13. The number of thioether (sulfide) groups is 1. The number of aromatic nitrogens is 2. The molecule has 0 aliphatic heterocycles. The average molecular weight is 449 g/mol. The molecule has 1 fully saturated rings. The molecular formula is C21H28N4O3S2. The summed E-state index contributed by atoms with van der Waals surface area (Å²) in [6.45, 7) is 3.55. The summed E-state index contributed by atoms with van der Waals surface area (Å²) in [7, 11) is -3.81. The Labute approximate surface area is 182 Å². The van der Waals surface area contributed by atoms with E-state index in [1.807, 2.05) is 11.8 Å². The number of nitrogens with zero attached hydrogens (tertiary/aromatic N) is 2. The lowest BCUT2D eigenvalue weighted by Gasteiger charge is -2.20. The van der Waals surface area contributed by atoms with Crippen molar-refractivity contribution in [3.8, 4) is 0 Å². The van der Waals surface area contributed by atoms with Gasteiger partial charge < -0.3 is 5.32 Å². The van der Waals surface area contributed by atoms with Gasteiger partial charge in [-0.1, -0.05) is 19.3 Å². The molecule has 0 bridgehead atoms. The zero-order valence-corrected chi connectivity index (χ0v) is 19.0. The smallest absolute Gasteiger partial charge is 0.264 e. The van der Waals surface area contributed by atoms with Gasteiger partial charge in [0.25, 0.3) is 10.0 Å². The Morgan fingerprint density at radius 1 is 1.07 bits per heavy atom. The third-order valence-electron chi connectivity index (χ3n) is 4.89. The van der Waals surface area contributed by atoms with Gasteiger partial charge in [-0.15, -0.1) is 0 Å². The highest BCUT2D eigenvalue weighted by Gasteiger charge is 2.17. The van der Waals surface area contributed by atoms with Crippen LogP contribution in [0.2, 0.25) is 0 Å². The summed E-state index contributed by atoms with van der Waals surface area (Å²) in [6.07, 6.45) is 6.88. The molecule has 2 aromatic rings. The first-order valence-electron chi connectivity index (χ1n) is 10.2. The van der Waals surface area contributed by atoms with E-state index in [4.69, 9.17) is 0 Å². The van der Waals surface area contributed by atoms with Crippen LogP contribution in [0.15, 0.2) is 35.2 Å². The van der Waals surface area contributed by atoms with Gasteiger partial charge in [0.2, 0.25) is 11.9 Å². The first-order chi connectivity index (χ1) is 14.3. The van der Waals surface area contributed by atoms with Crippen LogP contribution >= 0.6 is 11.8 Å². The molecule has 1 aromatic heterocycles. The van der Waals surface area contributed by atoms with Crippen LogP contribution in [0.3, 0.4) is 0 Å². The molecular weight excluding hydrogens is 420 g/mol. The van der Waals surface area contributed by atoms with Crippen molar-refractivity contribution in [2.75, 3.05) is 15.8 Å². The largest absolute Gasteiger partial charge is 0.326 e. The van der Waals surface area contributed by atoms with Gasteiger partial charge in [-0.05, 0) is 57.0 Å². The van der Waals surface area contributed by atoms with Gasteiger partial charge in [0.15, 0.2) is 0 Å². The number of nitrogens with one attached hydrogen (secondary N) is 2. The van der Waals surface area contributed by atoms with Gasteiger partial charge in [-0.2, -0.15) is 11.8 Å². The van der Waals surface area contributed by atoms with E-state index in [1.165, 1.54) is 44.2 Å². The number of benzene rings is 1. The van der Waals surface area contributed by atoms with Gasteiger partial charge in [0.05, 0.1) is 4.90 Å². The van der Waals surface area contributed by atoms with E-state index >= 15 is 0 Å². The molecule has 9 heteroatoms. The van der Waals surface area contributed by atoms with Crippen molar-refractivity contribution in [2.45, 2.75) is 62.5 Å². The van der Waals surface area contributed by atoms with Crippen LogP contribution in [0.5, 0.6) is 0 Å². The number of carbonyl (C=O) groups is 1. The predicted octanol–water partition coefficient (Wildman–Crippen LogP) is 4.29. The van der Waals surface area contributed by atoms with Crippen LogP contribution in [0.25, 0.3) is 0 Å². The summed E-state index contributed by atoms with van der Waals surface area (Å²) in [5.41, 5.74) is 1.93. The fourth-order valence-corrected chi connectivity index (χ4v) is 5.69. The topological polar surface area (TPSA) is 101 Å². The molecule has 1 heterocycles. The van der Waals surface area contributed by atoms with Crippen LogP contribution in [0.1, 0.15) is 49.9 Å². The van der Waals surface area contributed by atoms with Gasteiger partial charge >= 0.3 is 0 Å². The second-order valence-corrected chi connectivity index (χ2v) is 10.6. The summed E-state index contributed by atoms with van der Waals surface area (Å²) >= 11 is 1.88. The second kappa shape index (κ2) is 10.3. The number of aryl methyl sites for hydroxylation is 2. The highest BCUT2D eigenvalue weighted by molar-refractivity contribution is 7.99. The van der Waals surface area contributed by atoms with Crippen molar-refractivity contribution in [1.82, 2.24) is 9.97 Å². The Balaban J connectivity index is 1.52. The van der Waals surface area contributed by atoms with E-state index in [2.05, 4.69) is 20.0 Å². The van der Waals surface area contributed by atoms with E-state index in [0.717, 1.165) is 5.75 Å². The highest BCUT2D eigenvalue weighted by Crippen LogP contribution is 2.28. The van der Waals surface area contributed by atoms with Crippen molar-refractivity contribution in [2.24, 2.45) is 0 Å². The Morgan fingerprint density at radius 2 is 1.70 bits per heavy atom. The minimum absolute atomic E-state index is 0.0420. The first kappa shape index (κ1) is 22.6. The molecule has 0 spiro atoms. The third kappa shape index (κ3) is 6.70. The van der Waals surface area contributed by atoms with Gasteiger partial charge in [-0.25, -0.2) is 23.1 Å². The molecule has 1 amide bonds. The Bertz CT molecular complexity index is 952. The molecule has 1 aliphatic rings. The van der Waals surface area contributed by atoms with Crippen molar-refractivity contribution >= 4 is 39.3 Å². The molecule has 2 N–H and O–H groups in total. The van der Waals surface area contributed by atoms with Gasteiger partial charge in [0, 0.05) is 34.5 Å². The average Bonchev–Trinajstić information content (AvgIpc) is 2.68. The number of amides is 1. The van der Waals surface area contributed by atoms with E-state index in [9.17, 15) is 13.2 Å². The zero-order chi connectivity index (χ0) is 21.6. The molecule has 0 saturated heterocycles. The van der Waals surface area contributed by atoms with Gasteiger partial charge in [-0.3, -0.25) is 4.79 Å². The quantitative estimate of drug-likeness (QED) is 0.625. The maximum absolute atomic E-state index is 12.6. The van der Waals surface area contributed by atoms with Crippen molar-refractivity contribution in [3.05, 3.63) is 41.7 Å². The fourth-order valence-electron chi connectivity index (χ4n) is 3.44. The molecule has 0 atom stereocenters. The van der Waals surface area contributed by atoms with E-state index < -0.39 is 10.0 Å². The lowest BCUT2D eigenvalue weighted by atomic mass is 10.0. The number of sulfonamides is 1. The summed E-state index contributed by atoms with van der Waals surface area (Å²) < 4.78 is 27.5. The maximum Gasteiger partial charge on any atom is 0.264 e. The lowest BCUT2D eigenvalue weighted by Crippen LogP contribution is -2.16. The molecule has 162 valence electrons. The summed E-state index contributed by atoms with van der Waals surface area (Å²) in [4.78, 5) is 20.5. The van der Waals surface area contributed by atoms with Crippen LogP contribution in [-0.4, -0.2) is 35.3 Å². The normalized spacial score (nSPS) is 15.0. The molecule has 0 radical (unpaired) electrons. The third-order valence-corrected chi connectivity index (χ3v) is 7.62.